The normalized spacial score (nSPS) is 13.8. The van der Waals surface area contributed by atoms with Crippen molar-refractivity contribution in [1.82, 2.24) is 0 Å². The summed E-state index contributed by atoms with van der Waals surface area (Å²) in [5.41, 5.74) is 0. The Balaban J connectivity index is 3.25. The first kappa shape index (κ1) is 18.5. The molecule has 0 radical (unpaired) electrons. The molecule has 0 aromatic carbocycles. The lowest BCUT2D eigenvalue weighted by molar-refractivity contribution is 0.196. The fourth-order valence-electron chi connectivity index (χ4n) is 1.78. The minimum atomic E-state index is -4.33. The van der Waals surface area contributed by atoms with Crippen molar-refractivity contribution >= 4 is 20.5 Å². The second-order valence-electron chi connectivity index (χ2n) is 4.70. The van der Waals surface area contributed by atoms with Crippen LogP contribution < -0.4 is 0 Å². The van der Waals surface area contributed by atoms with Gasteiger partial charge < -0.3 is 9.79 Å². The van der Waals surface area contributed by atoms with Crippen LogP contribution in [0.15, 0.2) is 0 Å². The Kier molecular flexibility index (Phi) is 11.6. The van der Waals surface area contributed by atoms with Crippen LogP contribution in [0.25, 0.3) is 0 Å². The van der Waals surface area contributed by atoms with E-state index in [1.807, 2.05) is 0 Å². The highest BCUT2D eigenvalue weighted by Crippen LogP contribution is 2.36. The molecule has 18 heavy (non-hydrogen) atoms. The quantitative estimate of drug-likeness (QED) is 0.290. The molecule has 0 saturated carbocycles. The van der Waals surface area contributed by atoms with Crippen LogP contribution in [0.1, 0.15) is 64.7 Å². The molecule has 6 heteroatoms. The number of thiol groups is 1. The first-order valence-electron chi connectivity index (χ1n) is 6.84. The molecule has 1 atom stereocenters. The number of unbranched alkanes of at least 4 members (excludes halogenated alkanes) is 7. The highest BCUT2D eigenvalue weighted by molar-refractivity contribution is 7.81. The molecule has 0 saturated heterocycles. The minimum Gasteiger partial charge on any atom is -0.303 e. The summed E-state index contributed by atoms with van der Waals surface area (Å²) >= 11 is 4.24. The molecule has 0 aliphatic heterocycles. The molecular formula is C12H27O4PS. The maximum atomic E-state index is 10.5. The van der Waals surface area contributed by atoms with E-state index < -0.39 is 7.82 Å². The lowest BCUT2D eigenvalue weighted by atomic mass is 10.1. The predicted molar refractivity (Wildman–Crippen MR) is 78.0 cm³/mol. The first-order chi connectivity index (χ1) is 8.45. The standard InChI is InChI=1S/C12H27O4PS/c1-2-3-4-5-6-7-8-9-10-12(18)11-16-17(13,14)15/h12,18H,2-11H2,1H3,(H2,13,14,15). The van der Waals surface area contributed by atoms with Crippen LogP contribution >= 0.6 is 20.5 Å². The monoisotopic (exact) mass is 298 g/mol. The van der Waals surface area contributed by atoms with Gasteiger partial charge in [0.2, 0.25) is 0 Å². The molecule has 0 aromatic rings. The number of phosphoric ester groups is 1. The van der Waals surface area contributed by atoms with Crippen molar-refractivity contribution in [2.75, 3.05) is 6.61 Å². The SMILES string of the molecule is CCCCCCCCCCC(S)COP(=O)(O)O. The van der Waals surface area contributed by atoms with Gasteiger partial charge >= 0.3 is 7.82 Å². The topological polar surface area (TPSA) is 66.8 Å². The zero-order valence-electron chi connectivity index (χ0n) is 11.3. The predicted octanol–water partition coefficient (Wildman–Crippen LogP) is 3.92. The van der Waals surface area contributed by atoms with E-state index in [-0.39, 0.29) is 11.9 Å². The largest absolute Gasteiger partial charge is 0.469 e. The Morgan fingerprint density at radius 1 is 1.06 bits per heavy atom. The molecule has 4 nitrogen and oxygen atoms in total. The zero-order valence-corrected chi connectivity index (χ0v) is 13.0. The van der Waals surface area contributed by atoms with Gasteiger partial charge in [0.05, 0.1) is 6.61 Å². The Morgan fingerprint density at radius 3 is 2.06 bits per heavy atom. The van der Waals surface area contributed by atoms with Gasteiger partial charge in [-0.05, 0) is 6.42 Å². The van der Waals surface area contributed by atoms with Crippen LogP contribution in [0, 0.1) is 0 Å². The van der Waals surface area contributed by atoms with Gasteiger partial charge in [0.15, 0.2) is 0 Å². The van der Waals surface area contributed by atoms with E-state index in [1.165, 1.54) is 44.9 Å². The van der Waals surface area contributed by atoms with Crippen LogP contribution in [0.3, 0.4) is 0 Å². The average molecular weight is 298 g/mol. The van der Waals surface area contributed by atoms with Crippen molar-refractivity contribution in [2.45, 2.75) is 70.0 Å². The molecule has 1 unspecified atom stereocenters. The van der Waals surface area contributed by atoms with E-state index >= 15 is 0 Å². The second-order valence-corrected chi connectivity index (χ2v) is 6.67. The second kappa shape index (κ2) is 11.3. The summed E-state index contributed by atoms with van der Waals surface area (Å²) in [4.78, 5) is 17.1. The van der Waals surface area contributed by atoms with Crippen molar-refractivity contribution in [3.8, 4) is 0 Å². The van der Waals surface area contributed by atoms with Crippen molar-refractivity contribution < 1.29 is 18.9 Å². The lowest BCUT2D eigenvalue weighted by Gasteiger charge is -2.11. The summed E-state index contributed by atoms with van der Waals surface area (Å²) < 4.78 is 14.9. The fourth-order valence-corrected chi connectivity index (χ4v) is 2.53. The summed E-state index contributed by atoms with van der Waals surface area (Å²) in [6.07, 6.45) is 10.9. The number of hydrogen-bond acceptors (Lipinski definition) is 3. The van der Waals surface area contributed by atoms with Crippen LogP contribution in [0.2, 0.25) is 0 Å². The van der Waals surface area contributed by atoms with Crippen molar-refractivity contribution in [1.29, 1.82) is 0 Å². The van der Waals surface area contributed by atoms with Crippen LogP contribution in [-0.4, -0.2) is 21.6 Å². The van der Waals surface area contributed by atoms with Crippen LogP contribution in [-0.2, 0) is 9.09 Å². The third-order valence-corrected chi connectivity index (χ3v) is 3.72. The number of phosphoric acid groups is 1. The van der Waals surface area contributed by atoms with E-state index in [0.717, 1.165) is 12.8 Å². The summed E-state index contributed by atoms with van der Waals surface area (Å²) in [7, 11) is -4.33. The van der Waals surface area contributed by atoms with Crippen molar-refractivity contribution in [3.63, 3.8) is 0 Å². The third kappa shape index (κ3) is 14.5. The number of rotatable bonds is 12. The molecule has 0 rings (SSSR count). The van der Waals surface area contributed by atoms with Crippen molar-refractivity contribution in [2.24, 2.45) is 0 Å². The maximum absolute atomic E-state index is 10.5. The highest BCUT2D eigenvalue weighted by Gasteiger charge is 2.15. The molecule has 0 bridgehead atoms. The van der Waals surface area contributed by atoms with E-state index in [9.17, 15) is 4.57 Å². The molecular weight excluding hydrogens is 271 g/mol. The van der Waals surface area contributed by atoms with Crippen molar-refractivity contribution in [3.05, 3.63) is 0 Å². The van der Waals surface area contributed by atoms with Gasteiger partial charge in [-0.25, -0.2) is 4.57 Å². The van der Waals surface area contributed by atoms with E-state index in [1.54, 1.807) is 0 Å². The lowest BCUT2D eigenvalue weighted by Crippen LogP contribution is -2.08. The summed E-state index contributed by atoms with van der Waals surface area (Å²) in [6.45, 7) is 2.23. The summed E-state index contributed by atoms with van der Waals surface area (Å²) in [5.74, 6) is 0. The van der Waals surface area contributed by atoms with E-state index in [2.05, 4.69) is 24.1 Å². The maximum Gasteiger partial charge on any atom is 0.469 e. The molecule has 110 valence electrons. The molecule has 0 heterocycles. The van der Waals surface area contributed by atoms with Gasteiger partial charge in [-0.3, -0.25) is 4.52 Å². The van der Waals surface area contributed by atoms with Gasteiger partial charge in [-0.1, -0.05) is 58.3 Å². The fraction of sp³-hybridized carbons (Fsp3) is 1.00. The Labute approximate surface area is 116 Å². The van der Waals surface area contributed by atoms with E-state index in [4.69, 9.17) is 9.79 Å². The number of hydrogen-bond donors (Lipinski definition) is 3. The summed E-state index contributed by atoms with van der Waals surface area (Å²) in [6, 6.07) is 0. The Morgan fingerprint density at radius 2 is 1.56 bits per heavy atom. The molecule has 0 aliphatic carbocycles. The Bertz CT molecular complexity index is 232. The molecule has 0 fully saturated rings. The molecule has 0 amide bonds. The molecule has 0 aliphatic rings. The first-order valence-corrected chi connectivity index (χ1v) is 8.88. The minimum absolute atomic E-state index is 0.0177. The van der Waals surface area contributed by atoms with Gasteiger partial charge in [0.1, 0.15) is 0 Å². The highest BCUT2D eigenvalue weighted by atomic mass is 32.1. The molecule has 0 aromatic heterocycles. The van der Waals surface area contributed by atoms with Gasteiger partial charge in [0.25, 0.3) is 0 Å². The zero-order chi connectivity index (χ0) is 13.9. The van der Waals surface area contributed by atoms with Crippen LogP contribution in [0.4, 0.5) is 0 Å². The third-order valence-electron chi connectivity index (χ3n) is 2.83. The van der Waals surface area contributed by atoms with E-state index in [0.29, 0.717) is 0 Å². The van der Waals surface area contributed by atoms with Crippen LogP contribution in [0.5, 0.6) is 0 Å². The van der Waals surface area contributed by atoms with Gasteiger partial charge in [-0.15, -0.1) is 0 Å². The Hall–Kier alpha value is 0.460. The summed E-state index contributed by atoms with van der Waals surface area (Å²) in [5, 5.41) is -0.0854. The smallest absolute Gasteiger partial charge is 0.303 e. The van der Waals surface area contributed by atoms with Gasteiger partial charge in [-0.2, -0.15) is 12.6 Å². The van der Waals surface area contributed by atoms with Gasteiger partial charge in [0, 0.05) is 5.25 Å². The molecule has 0 spiro atoms. The molecule has 2 N–H and O–H groups in total. The average Bonchev–Trinajstić information content (AvgIpc) is 2.29.